The summed E-state index contributed by atoms with van der Waals surface area (Å²) in [4.78, 5) is 12.2. The van der Waals surface area contributed by atoms with Gasteiger partial charge in [0, 0.05) is 15.5 Å². The molecule has 0 aliphatic carbocycles. The van der Waals surface area contributed by atoms with Crippen LogP contribution in [0.25, 0.3) is 11.4 Å². The Morgan fingerprint density at radius 1 is 1.21 bits per heavy atom. The van der Waals surface area contributed by atoms with Crippen LogP contribution >= 0.6 is 43.6 Å². The van der Waals surface area contributed by atoms with E-state index >= 15 is 0 Å². The van der Waals surface area contributed by atoms with Crippen molar-refractivity contribution < 1.29 is 14.3 Å². The molecule has 0 spiro atoms. The fraction of sp³-hybridized carbons (Fsp3) is 0.167. The zero-order chi connectivity index (χ0) is 20.3. The number of carbonyl (C=O) groups is 1. The summed E-state index contributed by atoms with van der Waals surface area (Å²) in [5.41, 5.74) is 0.655. The highest BCUT2D eigenvalue weighted by Gasteiger charge is 2.18. The molecule has 146 valence electrons. The standard InChI is InChI=1S/C18H15Br2FN4O2S/c1-2-25-17(12-7-10(19)4-6-15(12)26)23-24-18(25)28-9-16(27)22-14-5-3-11(20)8-13(14)21/h3-8,26H,2,9H2,1H3,(H,22,27). The first-order valence-electron chi connectivity index (χ1n) is 8.18. The van der Waals surface area contributed by atoms with E-state index in [2.05, 4.69) is 47.4 Å². The Bertz CT molecular complexity index is 1030. The molecule has 1 aromatic heterocycles. The van der Waals surface area contributed by atoms with Gasteiger partial charge in [0.1, 0.15) is 11.6 Å². The van der Waals surface area contributed by atoms with Crippen molar-refractivity contribution in [3.05, 3.63) is 51.2 Å². The van der Waals surface area contributed by atoms with Crippen LogP contribution in [0.3, 0.4) is 0 Å². The molecule has 0 radical (unpaired) electrons. The third-order valence-electron chi connectivity index (χ3n) is 3.77. The Hall–Kier alpha value is -1.91. The van der Waals surface area contributed by atoms with Gasteiger partial charge in [0.15, 0.2) is 11.0 Å². The average Bonchev–Trinajstić information content (AvgIpc) is 3.07. The van der Waals surface area contributed by atoms with Crippen molar-refractivity contribution in [2.24, 2.45) is 0 Å². The van der Waals surface area contributed by atoms with Gasteiger partial charge in [0.2, 0.25) is 5.91 Å². The summed E-state index contributed by atoms with van der Waals surface area (Å²) in [6.07, 6.45) is 0. The van der Waals surface area contributed by atoms with Crippen molar-refractivity contribution in [1.29, 1.82) is 0 Å². The average molecular weight is 530 g/mol. The molecular weight excluding hydrogens is 515 g/mol. The second-order valence-electron chi connectivity index (χ2n) is 5.67. The lowest BCUT2D eigenvalue weighted by Crippen LogP contribution is -2.15. The van der Waals surface area contributed by atoms with Crippen LogP contribution in [-0.4, -0.2) is 31.5 Å². The predicted molar refractivity (Wildman–Crippen MR) is 114 cm³/mol. The molecule has 28 heavy (non-hydrogen) atoms. The Labute approximate surface area is 181 Å². The first-order chi connectivity index (χ1) is 13.4. The number of nitrogens with zero attached hydrogens (tertiary/aromatic N) is 3. The van der Waals surface area contributed by atoms with Crippen molar-refractivity contribution in [2.75, 3.05) is 11.1 Å². The minimum Gasteiger partial charge on any atom is -0.507 e. The number of hydrogen-bond donors (Lipinski definition) is 2. The summed E-state index contributed by atoms with van der Waals surface area (Å²) < 4.78 is 17.1. The van der Waals surface area contributed by atoms with Crippen LogP contribution in [-0.2, 0) is 11.3 Å². The van der Waals surface area contributed by atoms with Crippen LogP contribution < -0.4 is 5.32 Å². The second-order valence-corrected chi connectivity index (χ2v) is 8.45. The molecule has 2 aromatic carbocycles. The Morgan fingerprint density at radius 2 is 1.93 bits per heavy atom. The van der Waals surface area contributed by atoms with Crippen molar-refractivity contribution in [3.63, 3.8) is 0 Å². The summed E-state index contributed by atoms with van der Waals surface area (Å²) >= 11 is 7.74. The van der Waals surface area contributed by atoms with Gasteiger partial charge < -0.3 is 15.0 Å². The number of rotatable bonds is 6. The third-order valence-corrected chi connectivity index (χ3v) is 5.72. The summed E-state index contributed by atoms with van der Waals surface area (Å²) in [6.45, 7) is 2.48. The third kappa shape index (κ3) is 4.73. The fourth-order valence-electron chi connectivity index (χ4n) is 2.47. The van der Waals surface area contributed by atoms with E-state index in [1.165, 1.54) is 23.9 Å². The molecule has 3 aromatic rings. The normalized spacial score (nSPS) is 10.9. The number of phenols is 1. The summed E-state index contributed by atoms with van der Waals surface area (Å²) in [5, 5.41) is 21.5. The quantitative estimate of drug-likeness (QED) is 0.436. The van der Waals surface area contributed by atoms with Gasteiger partial charge >= 0.3 is 0 Å². The van der Waals surface area contributed by atoms with Crippen LogP contribution in [0.4, 0.5) is 10.1 Å². The topological polar surface area (TPSA) is 80.0 Å². The van der Waals surface area contributed by atoms with Crippen LogP contribution in [0.1, 0.15) is 6.92 Å². The number of thioether (sulfide) groups is 1. The molecule has 1 heterocycles. The van der Waals surface area contributed by atoms with Gasteiger partial charge in [0.25, 0.3) is 0 Å². The Kier molecular flexibility index (Phi) is 6.73. The summed E-state index contributed by atoms with van der Waals surface area (Å²) in [5.74, 6) is -0.243. The molecule has 0 saturated heterocycles. The first kappa shape index (κ1) is 20.8. The van der Waals surface area contributed by atoms with Crippen LogP contribution in [0.15, 0.2) is 50.5 Å². The Morgan fingerprint density at radius 3 is 2.64 bits per heavy atom. The van der Waals surface area contributed by atoms with Crippen LogP contribution in [0, 0.1) is 5.82 Å². The largest absolute Gasteiger partial charge is 0.507 e. The van der Waals surface area contributed by atoms with E-state index in [0.717, 1.165) is 4.47 Å². The van der Waals surface area contributed by atoms with E-state index in [1.807, 2.05) is 6.92 Å². The van der Waals surface area contributed by atoms with Gasteiger partial charge in [-0.05, 0) is 43.3 Å². The maximum Gasteiger partial charge on any atom is 0.234 e. The van der Waals surface area contributed by atoms with E-state index < -0.39 is 5.82 Å². The molecule has 0 aliphatic rings. The van der Waals surface area contributed by atoms with Crippen molar-refractivity contribution >= 4 is 55.2 Å². The molecule has 10 heteroatoms. The number of phenolic OH excluding ortho intramolecular Hbond substituents is 1. The van der Waals surface area contributed by atoms with Crippen molar-refractivity contribution in [1.82, 2.24) is 14.8 Å². The van der Waals surface area contributed by atoms with E-state index in [9.17, 15) is 14.3 Å². The van der Waals surface area contributed by atoms with Crippen LogP contribution in [0.5, 0.6) is 5.75 Å². The number of anilines is 1. The second kappa shape index (κ2) is 9.06. The van der Waals surface area contributed by atoms with E-state index in [0.29, 0.717) is 27.6 Å². The monoisotopic (exact) mass is 528 g/mol. The van der Waals surface area contributed by atoms with Crippen molar-refractivity contribution in [2.45, 2.75) is 18.6 Å². The number of hydrogen-bond acceptors (Lipinski definition) is 5. The molecule has 0 bridgehead atoms. The Balaban J connectivity index is 1.73. The first-order valence-corrected chi connectivity index (χ1v) is 10.8. The molecule has 0 unspecified atom stereocenters. The highest BCUT2D eigenvalue weighted by molar-refractivity contribution is 9.10. The number of nitrogens with one attached hydrogen (secondary N) is 1. The lowest BCUT2D eigenvalue weighted by molar-refractivity contribution is -0.113. The van der Waals surface area contributed by atoms with E-state index in [4.69, 9.17) is 0 Å². The minimum atomic E-state index is -0.517. The number of carbonyl (C=O) groups excluding carboxylic acids is 1. The van der Waals surface area contributed by atoms with Gasteiger partial charge in [-0.1, -0.05) is 43.6 Å². The van der Waals surface area contributed by atoms with Gasteiger partial charge in [-0.3, -0.25) is 4.79 Å². The molecule has 3 rings (SSSR count). The molecular formula is C18H15Br2FN4O2S. The van der Waals surface area contributed by atoms with Gasteiger partial charge in [-0.2, -0.15) is 0 Å². The summed E-state index contributed by atoms with van der Waals surface area (Å²) in [7, 11) is 0. The molecule has 0 fully saturated rings. The summed E-state index contributed by atoms with van der Waals surface area (Å²) in [6, 6.07) is 9.48. The maximum absolute atomic E-state index is 13.8. The zero-order valence-electron chi connectivity index (χ0n) is 14.6. The van der Waals surface area contributed by atoms with Gasteiger partial charge in [-0.15, -0.1) is 10.2 Å². The van der Waals surface area contributed by atoms with Crippen molar-refractivity contribution in [3.8, 4) is 17.1 Å². The number of halogens is 3. The fourth-order valence-corrected chi connectivity index (χ4v) is 3.97. The highest BCUT2D eigenvalue weighted by Crippen LogP contribution is 2.32. The smallest absolute Gasteiger partial charge is 0.234 e. The van der Waals surface area contributed by atoms with Crippen LogP contribution in [0.2, 0.25) is 0 Å². The highest BCUT2D eigenvalue weighted by atomic mass is 79.9. The molecule has 0 atom stereocenters. The molecule has 1 amide bonds. The lowest BCUT2D eigenvalue weighted by atomic mass is 10.2. The number of aromatic hydroxyl groups is 1. The van der Waals surface area contributed by atoms with E-state index in [-0.39, 0.29) is 23.1 Å². The SMILES string of the molecule is CCn1c(SCC(=O)Nc2ccc(Br)cc2F)nnc1-c1cc(Br)ccc1O. The molecule has 0 aliphatic heterocycles. The maximum atomic E-state index is 13.8. The number of amides is 1. The number of aromatic nitrogens is 3. The molecule has 2 N–H and O–H groups in total. The zero-order valence-corrected chi connectivity index (χ0v) is 18.6. The molecule has 0 saturated carbocycles. The molecule has 6 nitrogen and oxygen atoms in total. The predicted octanol–water partition coefficient (Wildman–Crippen LogP) is 5.07. The number of benzene rings is 2. The van der Waals surface area contributed by atoms with E-state index in [1.54, 1.807) is 28.8 Å². The minimum absolute atomic E-state index is 0.0398. The van der Waals surface area contributed by atoms with Gasteiger partial charge in [0.05, 0.1) is 17.0 Å². The van der Waals surface area contributed by atoms with Gasteiger partial charge in [-0.25, -0.2) is 4.39 Å². The lowest BCUT2D eigenvalue weighted by Gasteiger charge is -2.09.